The van der Waals surface area contributed by atoms with Gasteiger partial charge in [-0.2, -0.15) is 0 Å². The number of aliphatic carboxylic acids is 2. The van der Waals surface area contributed by atoms with Gasteiger partial charge in [0.15, 0.2) is 0 Å². The van der Waals surface area contributed by atoms with Crippen molar-refractivity contribution >= 4 is 11.9 Å². The normalized spacial score (nSPS) is 9.12. The minimum Gasteiger partial charge on any atom is -0.481 e. The lowest BCUT2D eigenvalue weighted by Crippen LogP contribution is -1.94. The molecule has 0 aromatic heterocycles. The summed E-state index contributed by atoms with van der Waals surface area (Å²) < 4.78 is 0. The molecule has 0 aromatic rings. The Morgan fingerprint density at radius 2 is 1.00 bits per heavy atom. The molecule has 0 spiro atoms. The van der Waals surface area contributed by atoms with Crippen molar-refractivity contribution in [3.05, 3.63) is 0 Å². The van der Waals surface area contributed by atoms with Crippen LogP contribution in [0.2, 0.25) is 0 Å². The minimum absolute atomic E-state index is 0.0906. The van der Waals surface area contributed by atoms with Gasteiger partial charge in [-0.15, -0.1) is 0 Å². The van der Waals surface area contributed by atoms with Crippen LogP contribution in [0.15, 0.2) is 0 Å². The molecule has 0 unspecified atom stereocenters. The number of rotatable bonds is 8. The molecule has 0 heterocycles. The van der Waals surface area contributed by atoms with Crippen LogP contribution in [0, 0.1) is 0 Å². The van der Waals surface area contributed by atoms with E-state index in [9.17, 15) is 9.59 Å². The zero-order valence-corrected chi connectivity index (χ0v) is 9.26. The molecule has 0 saturated heterocycles. The van der Waals surface area contributed by atoms with Crippen LogP contribution in [-0.2, 0) is 9.59 Å². The smallest absolute Gasteiger partial charge is 0.303 e. The van der Waals surface area contributed by atoms with Gasteiger partial charge in [0.25, 0.3) is 0 Å². The summed E-state index contributed by atoms with van der Waals surface area (Å²) in [6.45, 7) is 0.181. The van der Waals surface area contributed by atoms with Crippen LogP contribution in [-0.4, -0.2) is 45.6 Å². The van der Waals surface area contributed by atoms with Gasteiger partial charge in [-0.3, -0.25) is 9.59 Å². The number of hydrogen-bond donors (Lipinski definition) is 4. The molecule has 0 fully saturated rings. The summed E-state index contributed by atoms with van der Waals surface area (Å²) in [5.41, 5.74) is 0. The molecule has 0 radical (unpaired) electrons. The first-order valence-electron chi connectivity index (χ1n) is 5.20. The highest BCUT2D eigenvalue weighted by Gasteiger charge is 1.93. The fourth-order valence-corrected chi connectivity index (χ4v) is 0.776. The average Bonchev–Trinajstić information content (AvgIpc) is 2.18. The Morgan fingerprint density at radius 3 is 1.19 bits per heavy atom. The molecule has 0 aromatic carbocycles. The van der Waals surface area contributed by atoms with Crippen molar-refractivity contribution in [2.75, 3.05) is 13.2 Å². The molecule has 0 aliphatic heterocycles. The maximum atomic E-state index is 9.79. The largest absolute Gasteiger partial charge is 0.481 e. The molecule has 6 heteroatoms. The number of aliphatic hydroxyl groups excluding tert-OH is 2. The third-order valence-electron chi connectivity index (χ3n) is 1.60. The minimum atomic E-state index is -0.793. The van der Waals surface area contributed by atoms with E-state index in [-0.39, 0.29) is 26.1 Å². The maximum Gasteiger partial charge on any atom is 0.303 e. The van der Waals surface area contributed by atoms with E-state index in [4.69, 9.17) is 20.4 Å². The fraction of sp³-hybridized carbons (Fsp3) is 0.800. The predicted octanol–water partition coefficient (Wildman–Crippen LogP) is 0.467. The van der Waals surface area contributed by atoms with Crippen molar-refractivity contribution in [2.45, 2.75) is 38.5 Å². The number of hydrogen-bond acceptors (Lipinski definition) is 4. The number of carboxylic acid groups (broad SMARTS) is 2. The number of carbonyl (C=O) groups is 2. The summed E-state index contributed by atoms with van der Waals surface area (Å²) in [4.78, 5) is 19.6. The first kappa shape index (κ1) is 17.3. The molecule has 0 amide bonds. The average molecular weight is 236 g/mol. The van der Waals surface area contributed by atoms with Crippen molar-refractivity contribution in [1.29, 1.82) is 0 Å². The summed E-state index contributed by atoms with van der Waals surface area (Å²) in [7, 11) is 0. The van der Waals surface area contributed by atoms with E-state index in [0.717, 1.165) is 0 Å². The second-order valence-electron chi connectivity index (χ2n) is 3.15. The van der Waals surface area contributed by atoms with Gasteiger partial charge in [0, 0.05) is 26.1 Å². The first-order valence-corrected chi connectivity index (χ1v) is 5.20. The van der Waals surface area contributed by atoms with Gasteiger partial charge >= 0.3 is 11.9 Å². The lowest BCUT2D eigenvalue weighted by molar-refractivity contribution is -0.138. The van der Waals surface area contributed by atoms with E-state index in [1.54, 1.807) is 0 Å². The SMILES string of the molecule is O=C(O)CCCCO.O=C(O)CCCCO. The highest BCUT2D eigenvalue weighted by atomic mass is 16.4. The van der Waals surface area contributed by atoms with Gasteiger partial charge in [-0.1, -0.05) is 0 Å². The molecule has 0 bridgehead atoms. The molecule has 16 heavy (non-hydrogen) atoms. The Morgan fingerprint density at radius 1 is 0.688 bits per heavy atom. The molecule has 0 rings (SSSR count). The van der Waals surface area contributed by atoms with Crippen LogP contribution >= 0.6 is 0 Å². The fourth-order valence-electron chi connectivity index (χ4n) is 0.776. The molecule has 4 N–H and O–H groups in total. The van der Waals surface area contributed by atoms with Crippen molar-refractivity contribution in [3.63, 3.8) is 0 Å². The van der Waals surface area contributed by atoms with E-state index in [1.165, 1.54) is 0 Å². The van der Waals surface area contributed by atoms with E-state index >= 15 is 0 Å². The molecule has 6 nitrogen and oxygen atoms in total. The Hall–Kier alpha value is -1.14. The van der Waals surface area contributed by atoms with Gasteiger partial charge < -0.3 is 20.4 Å². The summed E-state index contributed by atoms with van der Waals surface area (Å²) in [6, 6.07) is 0. The monoisotopic (exact) mass is 236 g/mol. The summed E-state index contributed by atoms with van der Waals surface area (Å²) >= 11 is 0. The number of aliphatic hydroxyl groups is 2. The molecule has 0 saturated carbocycles. The predicted molar refractivity (Wildman–Crippen MR) is 57.1 cm³/mol. The van der Waals surface area contributed by atoms with Gasteiger partial charge in [0.1, 0.15) is 0 Å². The summed E-state index contributed by atoms with van der Waals surface area (Å²) in [6.07, 6.45) is 2.66. The molecular formula is C10H20O6. The second kappa shape index (κ2) is 13.9. The van der Waals surface area contributed by atoms with E-state index in [0.29, 0.717) is 25.7 Å². The van der Waals surface area contributed by atoms with E-state index in [1.807, 2.05) is 0 Å². The highest BCUT2D eigenvalue weighted by molar-refractivity contribution is 5.66. The van der Waals surface area contributed by atoms with Gasteiger partial charge in [0.2, 0.25) is 0 Å². The van der Waals surface area contributed by atoms with Crippen LogP contribution in [0.5, 0.6) is 0 Å². The first-order chi connectivity index (χ1) is 7.54. The lowest BCUT2D eigenvalue weighted by Gasteiger charge is -1.89. The van der Waals surface area contributed by atoms with Crippen LogP contribution < -0.4 is 0 Å². The van der Waals surface area contributed by atoms with Crippen LogP contribution in [0.3, 0.4) is 0 Å². The number of carboxylic acids is 2. The lowest BCUT2D eigenvalue weighted by atomic mass is 10.2. The molecular weight excluding hydrogens is 216 g/mol. The Balaban J connectivity index is 0. The quantitative estimate of drug-likeness (QED) is 0.455. The Bertz CT molecular complexity index is 160. The van der Waals surface area contributed by atoms with Crippen molar-refractivity contribution in [3.8, 4) is 0 Å². The third kappa shape index (κ3) is 23.0. The zero-order chi connectivity index (χ0) is 12.8. The third-order valence-corrected chi connectivity index (χ3v) is 1.60. The second-order valence-corrected chi connectivity index (χ2v) is 3.15. The van der Waals surface area contributed by atoms with E-state index < -0.39 is 11.9 Å². The van der Waals surface area contributed by atoms with Crippen LogP contribution in [0.25, 0.3) is 0 Å². The van der Waals surface area contributed by atoms with Crippen LogP contribution in [0.1, 0.15) is 38.5 Å². The maximum absolute atomic E-state index is 9.79. The van der Waals surface area contributed by atoms with Gasteiger partial charge in [0.05, 0.1) is 0 Å². The van der Waals surface area contributed by atoms with Crippen molar-refractivity contribution in [1.82, 2.24) is 0 Å². The van der Waals surface area contributed by atoms with Gasteiger partial charge in [-0.25, -0.2) is 0 Å². The number of unbranched alkanes of at least 4 members (excludes halogenated alkanes) is 2. The molecule has 0 atom stereocenters. The van der Waals surface area contributed by atoms with Gasteiger partial charge in [-0.05, 0) is 25.7 Å². The van der Waals surface area contributed by atoms with E-state index in [2.05, 4.69) is 0 Å². The van der Waals surface area contributed by atoms with Crippen molar-refractivity contribution < 1.29 is 30.0 Å². The Labute approximate surface area is 94.5 Å². The van der Waals surface area contributed by atoms with Crippen LogP contribution in [0.4, 0.5) is 0 Å². The zero-order valence-electron chi connectivity index (χ0n) is 9.26. The van der Waals surface area contributed by atoms with Crippen molar-refractivity contribution in [2.24, 2.45) is 0 Å². The molecule has 96 valence electrons. The topological polar surface area (TPSA) is 115 Å². The Kier molecular flexibility index (Phi) is 15.0. The molecule has 0 aliphatic rings. The standard InChI is InChI=1S/2C5H10O3/c2*6-4-2-1-3-5(7)8/h2*6H,1-4H2,(H,7,8). The summed E-state index contributed by atoms with van der Waals surface area (Å²) in [5.74, 6) is -1.59. The summed E-state index contributed by atoms with van der Waals surface area (Å²) in [5, 5.41) is 32.5. The highest BCUT2D eigenvalue weighted by Crippen LogP contribution is 1.92. The molecule has 0 aliphatic carbocycles.